The maximum Gasteiger partial charge on any atom is 0.244 e. The Morgan fingerprint density at radius 3 is 2.33 bits per heavy atom. The van der Waals surface area contributed by atoms with Crippen LogP contribution in [0.3, 0.4) is 0 Å². The molecule has 0 fully saturated rings. The highest BCUT2D eigenvalue weighted by atomic mass is 32.2. The van der Waals surface area contributed by atoms with Crippen LogP contribution in [0.15, 0.2) is 53.4 Å². The lowest BCUT2D eigenvalue weighted by molar-refractivity contribution is 0.532. The second kappa shape index (κ2) is 6.30. The lowest BCUT2D eigenvalue weighted by Crippen LogP contribution is -2.33. The molecule has 0 saturated carbocycles. The summed E-state index contributed by atoms with van der Waals surface area (Å²) in [7, 11) is -4.14. The molecule has 0 saturated heterocycles. The smallest absolute Gasteiger partial charge is 0.244 e. The Morgan fingerprint density at radius 1 is 1.10 bits per heavy atom. The molecule has 0 radical (unpaired) electrons. The number of hydrogen-bond acceptors (Lipinski definition) is 3. The van der Waals surface area contributed by atoms with Crippen molar-refractivity contribution in [1.29, 1.82) is 0 Å². The third-order valence-corrected chi connectivity index (χ3v) is 4.42. The predicted octanol–water partition coefficient (Wildman–Crippen LogP) is 1.94. The molecule has 3 N–H and O–H groups in total. The van der Waals surface area contributed by atoms with Gasteiger partial charge in [-0.05, 0) is 17.7 Å². The summed E-state index contributed by atoms with van der Waals surface area (Å²) in [6.07, 6.45) is 0. The summed E-state index contributed by atoms with van der Waals surface area (Å²) in [5.74, 6) is -1.99. The number of benzene rings is 2. The second-order valence-electron chi connectivity index (χ2n) is 4.40. The van der Waals surface area contributed by atoms with Gasteiger partial charge in [-0.15, -0.1) is 0 Å². The van der Waals surface area contributed by atoms with E-state index in [9.17, 15) is 17.2 Å². The summed E-state index contributed by atoms with van der Waals surface area (Å²) >= 11 is 0. The molecule has 0 amide bonds. The molecule has 0 heterocycles. The van der Waals surface area contributed by atoms with Crippen LogP contribution >= 0.6 is 0 Å². The summed E-state index contributed by atoms with van der Waals surface area (Å²) in [4.78, 5) is -0.613. The molecule has 21 heavy (non-hydrogen) atoms. The maximum atomic E-state index is 13.6. The van der Waals surface area contributed by atoms with Gasteiger partial charge in [-0.3, -0.25) is 0 Å². The predicted molar refractivity (Wildman–Crippen MR) is 74.9 cm³/mol. The van der Waals surface area contributed by atoms with Gasteiger partial charge in [0.15, 0.2) is 0 Å². The SMILES string of the molecule is NCC(NS(=O)(=O)c1ccc(F)cc1F)c1ccccc1. The number of nitrogens with two attached hydrogens (primary N) is 1. The normalized spacial score (nSPS) is 13.1. The van der Waals surface area contributed by atoms with Crippen LogP contribution in [0.25, 0.3) is 0 Å². The van der Waals surface area contributed by atoms with E-state index in [1.165, 1.54) is 0 Å². The molecular weight excluding hydrogens is 298 g/mol. The van der Waals surface area contributed by atoms with E-state index in [1.54, 1.807) is 30.3 Å². The van der Waals surface area contributed by atoms with Gasteiger partial charge in [0.05, 0.1) is 6.04 Å². The third kappa shape index (κ3) is 3.63. The first-order chi connectivity index (χ1) is 9.94. The van der Waals surface area contributed by atoms with Crippen molar-refractivity contribution in [3.8, 4) is 0 Å². The lowest BCUT2D eigenvalue weighted by Gasteiger charge is -2.17. The van der Waals surface area contributed by atoms with Gasteiger partial charge in [-0.2, -0.15) is 0 Å². The number of halogens is 2. The molecule has 0 bridgehead atoms. The maximum absolute atomic E-state index is 13.6. The Kier molecular flexibility index (Phi) is 4.66. The van der Waals surface area contributed by atoms with Crippen LogP contribution in [0.4, 0.5) is 8.78 Å². The summed E-state index contributed by atoms with van der Waals surface area (Å²) < 4.78 is 53.1. The molecule has 1 unspecified atom stereocenters. The molecule has 0 aliphatic rings. The molecular formula is C14H14F2N2O2S. The first kappa shape index (κ1) is 15.6. The number of rotatable bonds is 5. The summed E-state index contributed by atoms with van der Waals surface area (Å²) in [5.41, 5.74) is 6.23. The van der Waals surface area contributed by atoms with E-state index in [1.807, 2.05) is 0 Å². The second-order valence-corrected chi connectivity index (χ2v) is 6.08. The van der Waals surface area contributed by atoms with E-state index >= 15 is 0 Å². The fourth-order valence-electron chi connectivity index (χ4n) is 1.88. The van der Waals surface area contributed by atoms with Crippen LogP contribution < -0.4 is 10.5 Å². The standard InChI is InChI=1S/C14H14F2N2O2S/c15-11-6-7-14(12(16)8-11)21(19,20)18-13(9-17)10-4-2-1-3-5-10/h1-8,13,18H,9,17H2. The Balaban J connectivity index is 2.32. The van der Waals surface area contributed by atoms with Gasteiger partial charge in [-0.25, -0.2) is 21.9 Å². The topological polar surface area (TPSA) is 72.2 Å². The van der Waals surface area contributed by atoms with E-state index in [2.05, 4.69) is 4.72 Å². The van der Waals surface area contributed by atoms with Crippen LogP contribution in [0.1, 0.15) is 11.6 Å². The van der Waals surface area contributed by atoms with Crippen molar-refractivity contribution in [3.63, 3.8) is 0 Å². The minimum absolute atomic E-state index is 0.00601. The largest absolute Gasteiger partial charge is 0.329 e. The Hall–Kier alpha value is -1.83. The minimum atomic E-state index is -4.14. The summed E-state index contributed by atoms with van der Waals surface area (Å²) in [5, 5.41) is 0. The van der Waals surface area contributed by atoms with E-state index in [0.29, 0.717) is 11.6 Å². The molecule has 112 valence electrons. The molecule has 4 nitrogen and oxygen atoms in total. The van der Waals surface area contributed by atoms with Gasteiger partial charge >= 0.3 is 0 Å². The molecule has 0 aliphatic heterocycles. The average molecular weight is 312 g/mol. The van der Waals surface area contributed by atoms with Crippen molar-refractivity contribution < 1.29 is 17.2 Å². The van der Waals surface area contributed by atoms with E-state index in [0.717, 1.165) is 12.1 Å². The van der Waals surface area contributed by atoms with Gasteiger partial charge in [0, 0.05) is 12.6 Å². The molecule has 0 aromatic heterocycles. The highest BCUT2D eigenvalue weighted by Crippen LogP contribution is 2.19. The van der Waals surface area contributed by atoms with Gasteiger partial charge in [0.25, 0.3) is 0 Å². The molecule has 7 heteroatoms. The van der Waals surface area contributed by atoms with E-state index in [4.69, 9.17) is 5.73 Å². The highest BCUT2D eigenvalue weighted by Gasteiger charge is 2.23. The number of sulfonamides is 1. The first-order valence-corrected chi connectivity index (χ1v) is 7.65. The van der Waals surface area contributed by atoms with Crippen molar-refractivity contribution >= 4 is 10.0 Å². The molecule has 1 atom stereocenters. The zero-order valence-corrected chi connectivity index (χ0v) is 11.8. The van der Waals surface area contributed by atoms with Crippen LogP contribution in [-0.2, 0) is 10.0 Å². The Bertz CT molecular complexity index is 721. The van der Waals surface area contributed by atoms with Gasteiger partial charge in [0.2, 0.25) is 10.0 Å². The number of nitrogens with one attached hydrogen (secondary N) is 1. The fourth-order valence-corrected chi connectivity index (χ4v) is 3.18. The quantitative estimate of drug-likeness (QED) is 0.886. The van der Waals surface area contributed by atoms with Gasteiger partial charge < -0.3 is 5.73 Å². The molecule has 0 aliphatic carbocycles. The third-order valence-electron chi connectivity index (χ3n) is 2.92. The monoisotopic (exact) mass is 312 g/mol. The average Bonchev–Trinajstić information content (AvgIpc) is 2.45. The summed E-state index contributed by atoms with van der Waals surface area (Å²) in [6.45, 7) is 0.00601. The van der Waals surface area contributed by atoms with Crippen LogP contribution in [0.5, 0.6) is 0 Å². The zero-order chi connectivity index (χ0) is 15.5. The molecule has 2 rings (SSSR count). The molecule has 2 aromatic rings. The van der Waals surface area contributed by atoms with Crippen molar-refractivity contribution in [2.75, 3.05) is 6.54 Å². The fraction of sp³-hybridized carbons (Fsp3) is 0.143. The summed E-state index contributed by atoms with van der Waals surface area (Å²) in [6, 6.07) is 10.3. The number of hydrogen-bond donors (Lipinski definition) is 2. The van der Waals surface area contributed by atoms with E-state index < -0.39 is 32.6 Å². The van der Waals surface area contributed by atoms with E-state index in [-0.39, 0.29) is 6.54 Å². The van der Waals surface area contributed by atoms with Crippen molar-refractivity contribution in [1.82, 2.24) is 4.72 Å². The zero-order valence-electron chi connectivity index (χ0n) is 11.0. The van der Waals surface area contributed by atoms with Crippen molar-refractivity contribution in [2.45, 2.75) is 10.9 Å². The lowest BCUT2D eigenvalue weighted by atomic mass is 10.1. The van der Waals surface area contributed by atoms with Crippen molar-refractivity contribution in [3.05, 3.63) is 65.7 Å². The molecule has 0 spiro atoms. The van der Waals surface area contributed by atoms with Crippen molar-refractivity contribution in [2.24, 2.45) is 5.73 Å². The van der Waals surface area contributed by atoms with Crippen LogP contribution in [0, 0.1) is 11.6 Å². The van der Waals surface area contributed by atoms with Crippen LogP contribution in [-0.4, -0.2) is 15.0 Å². The minimum Gasteiger partial charge on any atom is -0.329 e. The van der Waals surface area contributed by atoms with Crippen LogP contribution in [0.2, 0.25) is 0 Å². The van der Waals surface area contributed by atoms with Gasteiger partial charge in [0.1, 0.15) is 16.5 Å². The first-order valence-electron chi connectivity index (χ1n) is 6.16. The Labute approximate surface area is 121 Å². The highest BCUT2D eigenvalue weighted by molar-refractivity contribution is 7.89. The molecule has 2 aromatic carbocycles. The van der Waals surface area contributed by atoms with Gasteiger partial charge in [-0.1, -0.05) is 30.3 Å². The Morgan fingerprint density at radius 2 is 1.76 bits per heavy atom.